The van der Waals surface area contributed by atoms with Crippen molar-refractivity contribution < 1.29 is 23.8 Å². The van der Waals surface area contributed by atoms with Crippen molar-refractivity contribution in [3.8, 4) is 0 Å². The summed E-state index contributed by atoms with van der Waals surface area (Å²) in [6.45, 7) is 0.995. The Hall–Kier alpha value is -1.72. The topological polar surface area (TPSA) is 166 Å². The zero-order valence-corrected chi connectivity index (χ0v) is 13.5. The van der Waals surface area contributed by atoms with Gasteiger partial charge in [0.2, 0.25) is 5.95 Å². The van der Waals surface area contributed by atoms with E-state index in [1.54, 1.807) is 0 Å². The fourth-order valence-electron chi connectivity index (χ4n) is 2.62. The summed E-state index contributed by atoms with van der Waals surface area (Å²) in [7, 11) is 1.70. The van der Waals surface area contributed by atoms with Crippen molar-refractivity contribution in [2.45, 2.75) is 30.9 Å². The first-order valence-corrected chi connectivity index (χ1v) is 8.98. The highest BCUT2D eigenvalue weighted by atomic mass is 31.2. The summed E-state index contributed by atoms with van der Waals surface area (Å²) in [4.78, 5) is 31.4. The number of nitrogens with one attached hydrogen (secondary N) is 1. The van der Waals surface area contributed by atoms with E-state index < -0.39 is 37.7 Å². The van der Waals surface area contributed by atoms with Crippen molar-refractivity contribution in [1.82, 2.24) is 19.5 Å². The highest BCUT2D eigenvalue weighted by Crippen LogP contribution is 2.45. The Morgan fingerprint density at radius 1 is 1.62 bits per heavy atom. The molecule has 1 unspecified atom stereocenters. The third-order valence-corrected chi connectivity index (χ3v) is 4.22. The van der Waals surface area contributed by atoms with Gasteiger partial charge in [0, 0.05) is 6.66 Å². The number of aliphatic hydroxyl groups excluding tert-OH is 1. The Bertz CT molecular complexity index is 864. The zero-order chi connectivity index (χ0) is 17.6. The molecule has 1 fully saturated rings. The Balaban J connectivity index is 2.01. The number of aliphatic hydroxyl groups is 1. The number of aromatic amines is 1. The molecule has 0 aliphatic carbocycles. The molecular formula is C11H15BN5O6P. The minimum Gasteiger partial charge on any atom is -0.386 e. The lowest BCUT2D eigenvalue weighted by molar-refractivity contribution is -0.0297. The summed E-state index contributed by atoms with van der Waals surface area (Å²) in [5.74, 6) is -0.127. The van der Waals surface area contributed by atoms with E-state index in [9.17, 15) is 19.4 Å². The average Bonchev–Trinajstić information content (AvgIpc) is 3.00. The van der Waals surface area contributed by atoms with Crippen LogP contribution in [-0.4, -0.2) is 62.3 Å². The minimum absolute atomic E-state index is 0.0111. The van der Waals surface area contributed by atoms with Crippen LogP contribution < -0.4 is 11.3 Å². The van der Waals surface area contributed by atoms with Crippen molar-refractivity contribution in [3.63, 3.8) is 0 Å². The molecule has 5 atom stereocenters. The van der Waals surface area contributed by atoms with Gasteiger partial charge < -0.3 is 20.5 Å². The first-order valence-electron chi connectivity index (χ1n) is 6.96. The van der Waals surface area contributed by atoms with Crippen LogP contribution in [0.3, 0.4) is 0 Å². The smallest absolute Gasteiger partial charge is 0.325 e. The van der Waals surface area contributed by atoms with Crippen LogP contribution in [0.5, 0.6) is 0 Å². The van der Waals surface area contributed by atoms with Gasteiger partial charge in [0.1, 0.15) is 12.2 Å². The zero-order valence-electron chi connectivity index (χ0n) is 12.6. The summed E-state index contributed by atoms with van der Waals surface area (Å²) < 4.78 is 23.4. The normalized spacial score (nSPS) is 29.8. The number of ether oxygens (including phenoxy) is 1. The molecule has 3 rings (SSSR count). The van der Waals surface area contributed by atoms with Crippen LogP contribution in [0.2, 0.25) is 6.32 Å². The number of anilines is 1. The number of nitrogen functional groups attached to an aromatic ring is 1. The second-order valence-corrected chi connectivity index (χ2v) is 7.26. The monoisotopic (exact) mass is 355 g/mol. The fourth-order valence-corrected chi connectivity index (χ4v) is 3.34. The number of H-pyrrole nitrogens is 1. The summed E-state index contributed by atoms with van der Waals surface area (Å²) in [6.07, 6.45) is -3.16. The molecule has 0 amide bonds. The van der Waals surface area contributed by atoms with Crippen LogP contribution >= 0.6 is 7.60 Å². The average molecular weight is 355 g/mol. The second kappa shape index (κ2) is 5.98. The van der Waals surface area contributed by atoms with Gasteiger partial charge in [0.25, 0.3) is 5.56 Å². The van der Waals surface area contributed by atoms with Crippen molar-refractivity contribution in [3.05, 3.63) is 16.7 Å². The van der Waals surface area contributed by atoms with E-state index in [1.807, 2.05) is 0 Å². The molecule has 5 N–H and O–H groups in total. The van der Waals surface area contributed by atoms with Gasteiger partial charge in [-0.25, -0.2) is 4.98 Å². The van der Waals surface area contributed by atoms with E-state index in [0.29, 0.717) is 0 Å². The number of nitrogens with zero attached hydrogens (tertiary/aromatic N) is 3. The molecule has 2 aromatic heterocycles. The quantitative estimate of drug-likeness (QED) is 0.387. The number of imidazole rings is 1. The molecule has 0 aromatic carbocycles. The van der Waals surface area contributed by atoms with E-state index in [-0.39, 0.29) is 23.4 Å². The Labute approximate surface area is 136 Å². The first kappa shape index (κ1) is 17.1. The molecule has 1 saturated heterocycles. The van der Waals surface area contributed by atoms with Crippen LogP contribution in [0.25, 0.3) is 11.2 Å². The second-order valence-electron chi connectivity index (χ2n) is 5.44. The number of fused-ring (bicyclic) bond motifs is 1. The van der Waals surface area contributed by atoms with Crippen LogP contribution in [0.4, 0.5) is 5.95 Å². The lowest BCUT2D eigenvalue weighted by Gasteiger charge is -2.21. The predicted octanol–water partition coefficient (Wildman–Crippen LogP) is -1.25. The van der Waals surface area contributed by atoms with Crippen molar-refractivity contribution in [1.29, 1.82) is 0 Å². The van der Waals surface area contributed by atoms with Crippen LogP contribution in [0, 0.1) is 0 Å². The molecule has 1 aliphatic heterocycles. The number of hydrogen-bond acceptors (Lipinski definition) is 8. The van der Waals surface area contributed by atoms with E-state index in [0.717, 1.165) is 6.66 Å². The van der Waals surface area contributed by atoms with Gasteiger partial charge in [0.05, 0.1) is 20.3 Å². The van der Waals surface area contributed by atoms with E-state index in [2.05, 4.69) is 15.0 Å². The number of aromatic nitrogens is 4. The molecule has 3 heterocycles. The van der Waals surface area contributed by atoms with E-state index in [1.165, 1.54) is 10.9 Å². The van der Waals surface area contributed by atoms with Crippen LogP contribution in [0.15, 0.2) is 11.1 Å². The van der Waals surface area contributed by atoms with Gasteiger partial charge in [0.15, 0.2) is 17.4 Å². The van der Waals surface area contributed by atoms with Crippen LogP contribution in [-0.2, 0) is 13.8 Å². The summed E-state index contributed by atoms with van der Waals surface area (Å²) >= 11 is 0. The van der Waals surface area contributed by atoms with E-state index >= 15 is 0 Å². The Morgan fingerprint density at radius 3 is 2.96 bits per heavy atom. The molecular weight excluding hydrogens is 340 g/mol. The van der Waals surface area contributed by atoms with Gasteiger partial charge in [-0.1, -0.05) is 6.32 Å². The lowest BCUT2D eigenvalue weighted by atomic mass is 9.95. The third kappa shape index (κ3) is 2.98. The summed E-state index contributed by atoms with van der Waals surface area (Å²) in [6, 6.07) is 0. The highest BCUT2D eigenvalue weighted by molar-refractivity contribution is 7.51. The Morgan fingerprint density at radius 2 is 2.33 bits per heavy atom. The molecule has 13 heteroatoms. The molecule has 0 spiro atoms. The van der Waals surface area contributed by atoms with E-state index in [4.69, 9.17) is 22.8 Å². The molecule has 128 valence electrons. The molecule has 24 heavy (non-hydrogen) atoms. The largest absolute Gasteiger partial charge is 0.386 e. The molecule has 0 bridgehead atoms. The van der Waals surface area contributed by atoms with Gasteiger partial charge in [-0.15, -0.1) is 0 Å². The molecule has 2 aromatic rings. The number of nitrogens with two attached hydrogens (primary N) is 1. The molecule has 2 radical (unpaired) electrons. The SMILES string of the molecule is [B]C[C@H]1O[C@@H](n2cnc3c(=O)[nH]c(N)nc32)[C@H](O)[C@@H]1OP(C)(=O)O. The standard InChI is InChI=1S/C11H15BN5O6P/c1-24(20,21)23-7-4(2-12)22-10(6(7)18)17-3-14-5-8(17)15-11(13)16-9(5)19/h3-4,6-7,10,18H,2H2,1H3,(H,20,21)(H3,13,15,16,19)/t4-,6-,7-,10-/m1/s1. The van der Waals surface area contributed by atoms with Crippen molar-refractivity contribution >= 4 is 32.6 Å². The van der Waals surface area contributed by atoms with Gasteiger partial charge in [-0.2, -0.15) is 4.98 Å². The molecule has 0 saturated carbocycles. The fraction of sp³-hybridized carbons (Fsp3) is 0.545. The van der Waals surface area contributed by atoms with Gasteiger partial charge in [-0.3, -0.25) is 23.4 Å². The molecule has 11 nitrogen and oxygen atoms in total. The summed E-state index contributed by atoms with van der Waals surface area (Å²) in [5.41, 5.74) is 5.09. The predicted molar refractivity (Wildman–Crippen MR) is 83.7 cm³/mol. The number of hydrogen-bond donors (Lipinski definition) is 4. The lowest BCUT2D eigenvalue weighted by Crippen LogP contribution is -2.33. The maximum atomic E-state index is 11.8. The van der Waals surface area contributed by atoms with Gasteiger partial charge >= 0.3 is 7.60 Å². The minimum atomic E-state index is -3.88. The van der Waals surface area contributed by atoms with Gasteiger partial charge in [-0.05, 0) is 0 Å². The Kier molecular flexibility index (Phi) is 4.26. The third-order valence-electron chi connectivity index (χ3n) is 3.58. The highest BCUT2D eigenvalue weighted by Gasteiger charge is 2.47. The maximum Gasteiger partial charge on any atom is 0.325 e. The summed E-state index contributed by atoms with van der Waals surface area (Å²) in [5, 5.41) is 10.5. The maximum absolute atomic E-state index is 11.8. The van der Waals surface area contributed by atoms with Crippen LogP contribution in [0.1, 0.15) is 6.23 Å². The van der Waals surface area contributed by atoms with Crippen molar-refractivity contribution in [2.75, 3.05) is 12.4 Å². The number of rotatable bonds is 4. The van der Waals surface area contributed by atoms with Crippen molar-refractivity contribution in [2.24, 2.45) is 0 Å². The first-order chi connectivity index (χ1) is 11.2. The molecule has 1 aliphatic rings.